The van der Waals surface area contributed by atoms with Crippen LogP contribution in [0.2, 0.25) is 0 Å². The van der Waals surface area contributed by atoms with Gasteiger partial charge in [0.05, 0.1) is 0 Å². The zero-order valence-electron chi connectivity index (χ0n) is 30.4. The van der Waals surface area contributed by atoms with E-state index in [-0.39, 0.29) is 6.10 Å². The maximum atomic E-state index is 6.71. The molecule has 266 valence electrons. The van der Waals surface area contributed by atoms with E-state index in [4.69, 9.17) is 9.15 Å². The fourth-order valence-corrected chi connectivity index (χ4v) is 12.1. The molecule has 3 heterocycles. The molecule has 2 aliphatic heterocycles. The van der Waals surface area contributed by atoms with Crippen molar-refractivity contribution in [2.24, 2.45) is 29.6 Å². The molecule has 0 bridgehead atoms. The summed E-state index contributed by atoms with van der Waals surface area (Å²) in [6.07, 6.45) is 44.4. The van der Waals surface area contributed by atoms with Crippen molar-refractivity contribution in [2.45, 2.75) is 108 Å². The van der Waals surface area contributed by atoms with Crippen molar-refractivity contribution >= 4 is 17.8 Å². The molecular weight excluding hydrogens is 637 g/mol. The molecule has 7 aliphatic carbocycles. The third kappa shape index (κ3) is 5.06. The van der Waals surface area contributed by atoms with Gasteiger partial charge in [-0.05, 0) is 119 Å². The molecule has 52 heavy (non-hydrogen) atoms. The number of anilines is 1. The number of para-hydroxylation sites is 1. The summed E-state index contributed by atoms with van der Waals surface area (Å²) in [7, 11) is 0. The summed E-state index contributed by atoms with van der Waals surface area (Å²) in [6.45, 7) is 0. The average Bonchev–Trinajstić information content (AvgIpc) is 3.88. The van der Waals surface area contributed by atoms with Crippen LogP contribution in [0.1, 0.15) is 93.3 Å². The first kappa shape index (κ1) is 31.4. The second-order valence-electron chi connectivity index (χ2n) is 17.0. The number of furan rings is 1. The average molecular weight is 689 g/mol. The molecular formula is C48H52N2O2. The molecule has 1 saturated heterocycles. The number of benzene rings is 1. The zero-order valence-corrected chi connectivity index (χ0v) is 30.4. The molecule has 4 heteroatoms. The number of fused-ring (bicyclic) bond motifs is 8. The van der Waals surface area contributed by atoms with Crippen LogP contribution in [0.4, 0.5) is 5.69 Å². The van der Waals surface area contributed by atoms with Crippen LogP contribution in [0.25, 0.3) is 12.2 Å². The third-order valence-electron chi connectivity index (χ3n) is 14.3. The first-order chi connectivity index (χ1) is 25.8. The Bertz CT molecular complexity index is 1980. The number of ether oxygens (including phenoxy) is 1. The van der Waals surface area contributed by atoms with Crippen LogP contribution < -0.4 is 4.90 Å². The largest absolute Gasteiger partial charge is 0.489 e. The number of nitrogens with zero attached hydrogens (tertiary/aromatic N) is 2. The molecule has 1 aromatic heterocycles. The molecule has 2 aromatic rings. The molecule has 9 atom stereocenters. The van der Waals surface area contributed by atoms with Crippen LogP contribution in [0.15, 0.2) is 118 Å². The van der Waals surface area contributed by atoms with E-state index < -0.39 is 0 Å². The van der Waals surface area contributed by atoms with Gasteiger partial charge < -0.3 is 19.0 Å². The van der Waals surface area contributed by atoms with Gasteiger partial charge in [0.2, 0.25) is 0 Å². The van der Waals surface area contributed by atoms with Crippen LogP contribution >= 0.6 is 0 Å². The van der Waals surface area contributed by atoms with E-state index in [9.17, 15) is 0 Å². The molecule has 0 radical (unpaired) electrons. The summed E-state index contributed by atoms with van der Waals surface area (Å²) in [5.41, 5.74) is 8.67. The van der Waals surface area contributed by atoms with E-state index in [0.29, 0.717) is 47.7 Å². The fourth-order valence-electron chi connectivity index (χ4n) is 12.1. The lowest BCUT2D eigenvalue weighted by molar-refractivity contribution is 0.158. The van der Waals surface area contributed by atoms with Crippen molar-refractivity contribution in [3.8, 4) is 0 Å². The number of rotatable bonds is 5. The van der Waals surface area contributed by atoms with Gasteiger partial charge in [0.1, 0.15) is 23.4 Å². The molecule has 0 N–H and O–H groups in total. The van der Waals surface area contributed by atoms with Crippen molar-refractivity contribution in [1.29, 1.82) is 0 Å². The van der Waals surface area contributed by atoms with E-state index in [2.05, 4.69) is 113 Å². The Kier molecular flexibility index (Phi) is 7.69. The normalized spacial score (nSPS) is 35.2. The summed E-state index contributed by atoms with van der Waals surface area (Å²) < 4.78 is 13.3. The Balaban J connectivity index is 0.976. The molecule has 9 unspecified atom stereocenters. The van der Waals surface area contributed by atoms with Crippen LogP contribution in [0.3, 0.4) is 0 Å². The number of hydrogen-bond donors (Lipinski definition) is 0. The smallest absolute Gasteiger partial charge is 0.132 e. The summed E-state index contributed by atoms with van der Waals surface area (Å²) in [5.74, 6) is 6.30. The molecule has 1 aromatic carbocycles. The van der Waals surface area contributed by atoms with E-state index in [1.807, 2.05) is 0 Å². The Labute approximate surface area is 309 Å². The summed E-state index contributed by atoms with van der Waals surface area (Å²) in [5, 5.41) is 0. The van der Waals surface area contributed by atoms with Crippen LogP contribution in [-0.4, -0.2) is 29.1 Å². The highest BCUT2D eigenvalue weighted by atomic mass is 16.5. The monoisotopic (exact) mass is 688 g/mol. The molecule has 0 spiro atoms. The third-order valence-corrected chi connectivity index (χ3v) is 14.3. The minimum absolute atomic E-state index is 0.124. The Morgan fingerprint density at radius 2 is 1.65 bits per heavy atom. The minimum atomic E-state index is 0.124. The van der Waals surface area contributed by atoms with Crippen molar-refractivity contribution in [1.82, 2.24) is 4.90 Å². The van der Waals surface area contributed by atoms with Crippen molar-refractivity contribution in [3.05, 3.63) is 136 Å². The van der Waals surface area contributed by atoms with Gasteiger partial charge in [-0.2, -0.15) is 0 Å². The molecule has 9 aliphatic rings. The second-order valence-corrected chi connectivity index (χ2v) is 17.0. The Morgan fingerprint density at radius 1 is 0.731 bits per heavy atom. The predicted octanol–water partition coefficient (Wildman–Crippen LogP) is 10.9. The Morgan fingerprint density at radius 3 is 2.58 bits per heavy atom. The van der Waals surface area contributed by atoms with Gasteiger partial charge >= 0.3 is 0 Å². The lowest BCUT2D eigenvalue weighted by atomic mass is 9.70. The molecule has 1 saturated carbocycles. The number of allylic oxidation sites excluding steroid dienone is 10. The van der Waals surface area contributed by atoms with Gasteiger partial charge in [-0.15, -0.1) is 0 Å². The van der Waals surface area contributed by atoms with Gasteiger partial charge in [0.15, 0.2) is 0 Å². The summed E-state index contributed by atoms with van der Waals surface area (Å²) >= 11 is 0. The van der Waals surface area contributed by atoms with Gasteiger partial charge in [-0.1, -0.05) is 72.9 Å². The van der Waals surface area contributed by atoms with Gasteiger partial charge in [-0.25, -0.2) is 0 Å². The summed E-state index contributed by atoms with van der Waals surface area (Å²) in [6, 6.07) is 13.1. The lowest BCUT2D eigenvalue weighted by Gasteiger charge is -2.46. The first-order valence-electron chi connectivity index (χ1n) is 20.7. The SMILES string of the molecule is C1=CC2OC3=C(C(N(C4=Cc5oc6c(c5CC4)CCC=C6)C4CCC5C(C4)C4C=CC(C6C=CCCC6)CC4N5c4ccccc4)=CCC3)C2C=C1. The standard InChI is InChI=1S/C48H52N2O2/c1-3-12-31(13-4-1)32-22-25-36-40-29-34(24-27-41(40)50(43(36)28-32)33-14-5-2-6-15-33)49(35-23-26-38-37-16-7-9-19-44(37)52-47(38)30-35)42-18-11-21-46-48(42)39-17-8-10-20-45(39)51-46/h2-3,5-6,8-10,12,14-15,17-20,22,25,30-32,34,36,39-41,43,45H,1,4,7,11,13,16,21,23-24,26-29H2. The minimum Gasteiger partial charge on any atom is -0.489 e. The maximum Gasteiger partial charge on any atom is 0.132 e. The second kappa shape index (κ2) is 12.7. The molecule has 2 fully saturated rings. The number of hydrogen-bond acceptors (Lipinski definition) is 4. The molecule has 0 amide bonds. The highest BCUT2D eigenvalue weighted by Gasteiger charge is 2.53. The lowest BCUT2D eigenvalue weighted by Crippen LogP contribution is -2.46. The highest BCUT2D eigenvalue weighted by molar-refractivity contribution is 5.64. The van der Waals surface area contributed by atoms with E-state index in [1.165, 1.54) is 84.5 Å². The summed E-state index contributed by atoms with van der Waals surface area (Å²) in [4.78, 5) is 5.77. The van der Waals surface area contributed by atoms with Crippen molar-refractivity contribution in [2.75, 3.05) is 4.90 Å². The topological polar surface area (TPSA) is 28.9 Å². The Hall–Kier alpha value is -4.18. The quantitative estimate of drug-likeness (QED) is 0.292. The van der Waals surface area contributed by atoms with Gasteiger partial charge in [0, 0.05) is 76.2 Å². The van der Waals surface area contributed by atoms with Gasteiger partial charge in [-0.3, -0.25) is 0 Å². The predicted molar refractivity (Wildman–Crippen MR) is 210 cm³/mol. The van der Waals surface area contributed by atoms with Gasteiger partial charge in [0.25, 0.3) is 0 Å². The van der Waals surface area contributed by atoms with E-state index in [1.54, 1.807) is 0 Å². The maximum absolute atomic E-state index is 6.71. The van der Waals surface area contributed by atoms with Crippen molar-refractivity contribution in [3.63, 3.8) is 0 Å². The van der Waals surface area contributed by atoms with Crippen molar-refractivity contribution < 1.29 is 9.15 Å². The van der Waals surface area contributed by atoms with E-state index >= 15 is 0 Å². The van der Waals surface area contributed by atoms with Crippen LogP contribution in [-0.2, 0) is 17.6 Å². The fraction of sp³-hybridized carbons (Fsp3) is 0.458. The first-order valence-corrected chi connectivity index (χ1v) is 20.7. The highest BCUT2D eigenvalue weighted by Crippen LogP contribution is 2.54. The molecule has 11 rings (SSSR count). The van der Waals surface area contributed by atoms with Crippen LogP contribution in [0.5, 0.6) is 0 Å². The van der Waals surface area contributed by atoms with Crippen LogP contribution in [0, 0.1) is 29.6 Å². The van der Waals surface area contributed by atoms with E-state index in [0.717, 1.165) is 50.0 Å². The molecule has 4 nitrogen and oxygen atoms in total. The zero-order chi connectivity index (χ0) is 34.2.